The van der Waals surface area contributed by atoms with E-state index in [0.29, 0.717) is 30.7 Å². The third kappa shape index (κ3) is 5.48. The van der Waals surface area contributed by atoms with Gasteiger partial charge in [-0.1, -0.05) is 5.16 Å². The smallest absolute Gasteiger partial charge is 0.235 e. The summed E-state index contributed by atoms with van der Waals surface area (Å²) in [7, 11) is 0. The zero-order valence-electron chi connectivity index (χ0n) is 14.8. The Hall–Kier alpha value is -2.03. The summed E-state index contributed by atoms with van der Waals surface area (Å²) >= 11 is 1.26. The summed E-state index contributed by atoms with van der Waals surface area (Å²) in [5.41, 5.74) is 0. The van der Waals surface area contributed by atoms with Crippen LogP contribution in [0.3, 0.4) is 0 Å². The second-order valence-corrected chi connectivity index (χ2v) is 7.81. The number of amides is 3. The van der Waals surface area contributed by atoms with E-state index in [0.717, 1.165) is 25.7 Å². The minimum Gasteiger partial charge on any atom is -0.360 e. The molecule has 1 aromatic heterocycles. The van der Waals surface area contributed by atoms with Crippen LogP contribution in [0.4, 0.5) is 5.82 Å². The van der Waals surface area contributed by atoms with E-state index in [2.05, 4.69) is 15.8 Å². The van der Waals surface area contributed by atoms with Gasteiger partial charge in [0.2, 0.25) is 17.7 Å². The highest BCUT2D eigenvalue weighted by molar-refractivity contribution is 8.00. The molecule has 8 nitrogen and oxygen atoms in total. The molecule has 0 aromatic carbocycles. The monoisotopic (exact) mass is 380 g/mol. The molecule has 1 aliphatic carbocycles. The molecule has 2 fully saturated rings. The summed E-state index contributed by atoms with van der Waals surface area (Å²) in [6.45, 7) is 2.90. The van der Waals surface area contributed by atoms with E-state index in [4.69, 9.17) is 4.52 Å². The maximum absolute atomic E-state index is 12.4. The van der Waals surface area contributed by atoms with Gasteiger partial charge < -0.3 is 20.1 Å². The third-order valence-corrected chi connectivity index (χ3v) is 5.34. The van der Waals surface area contributed by atoms with Crippen molar-refractivity contribution in [1.82, 2.24) is 15.4 Å². The molecule has 26 heavy (non-hydrogen) atoms. The van der Waals surface area contributed by atoms with E-state index in [-0.39, 0.29) is 35.1 Å². The molecule has 1 aromatic rings. The van der Waals surface area contributed by atoms with Crippen molar-refractivity contribution >= 4 is 35.3 Å². The average molecular weight is 380 g/mol. The van der Waals surface area contributed by atoms with Crippen LogP contribution >= 0.6 is 11.8 Å². The highest BCUT2D eigenvalue weighted by Gasteiger charge is 2.31. The Bertz CT molecular complexity index is 673. The normalized spacial score (nSPS) is 19.9. The van der Waals surface area contributed by atoms with E-state index >= 15 is 0 Å². The Morgan fingerprint density at radius 3 is 2.81 bits per heavy atom. The van der Waals surface area contributed by atoms with Crippen LogP contribution in [0.25, 0.3) is 0 Å². The van der Waals surface area contributed by atoms with Crippen LogP contribution in [-0.4, -0.2) is 58.4 Å². The summed E-state index contributed by atoms with van der Waals surface area (Å²) < 4.78 is 4.88. The number of thioether (sulfide) groups is 1. The van der Waals surface area contributed by atoms with Gasteiger partial charge in [0, 0.05) is 25.2 Å². The fraction of sp³-hybridized carbons (Fsp3) is 0.647. The highest BCUT2D eigenvalue weighted by atomic mass is 32.2. The molecule has 9 heteroatoms. The lowest BCUT2D eigenvalue weighted by atomic mass is 9.97. The van der Waals surface area contributed by atoms with Gasteiger partial charge in [0.05, 0.1) is 17.4 Å². The predicted molar refractivity (Wildman–Crippen MR) is 97.7 cm³/mol. The van der Waals surface area contributed by atoms with Crippen molar-refractivity contribution in [2.24, 2.45) is 5.92 Å². The van der Waals surface area contributed by atoms with Crippen molar-refractivity contribution in [2.75, 3.05) is 29.9 Å². The Labute approximate surface area is 156 Å². The van der Waals surface area contributed by atoms with Crippen LogP contribution < -0.4 is 10.6 Å². The number of carbonyl (C=O) groups excluding carboxylic acids is 3. The first kappa shape index (κ1) is 18.8. The number of hydrogen-bond donors (Lipinski definition) is 2. The van der Waals surface area contributed by atoms with Gasteiger partial charge in [0.25, 0.3) is 0 Å². The number of aromatic nitrogens is 1. The lowest BCUT2D eigenvalue weighted by molar-refractivity contribution is -0.133. The molecule has 0 spiro atoms. The predicted octanol–water partition coefficient (Wildman–Crippen LogP) is 1.17. The number of hydrogen-bond acceptors (Lipinski definition) is 6. The quantitative estimate of drug-likeness (QED) is 0.736. The van der Waals surface area contributed by atoms with Crippen molar-refractivity contribution in [3.63, 3.8) is 0 Å². The Morgan fingerprint density at radius 2 is 2.12 bits per heavy atom. The molecule has 1 saturated heterocycles. The molecule has 1 saturated carbocycles. The minimum absolute atomic E-state index is 0.0241. The SMILES string of the molecule is Cc1cc(NC(=O)CSCC(=O)N2CCCC(C(=O)NC3CC3)C2)no1. The Morgan fingerprint density at radius 1 is 1.31 bits per heavy atom. The summed E-state index contributed by atoms with van der Waals surface area (Å²) in [4.78, 5) is 38.1. The number of likely N-dealkylation sites (tertiary alicyclic amines) is 1. The largest absolute Gasteiger partial charge is 0.360 e. The second kappa shape index (κ2) is 8.57. The van der Waals surface area contributed by atoms with Gasteiger partial charge in [-0.3, -0.25) is 14.4 Å². The van der Waals surface area contributed by atoms with Gasteiger partial charge in [0.15, 0.2) is 5.82 Å². The fourth-order valence-corrected chi connectivity index (χ4v) is 3.61. The van der Waals surface area contributed by atoms with Crippen LogP contribution in [0, 0.1) is 12.8 Å². The van der Waals surface area contributed by atoms with Crippen molar-refractivity contribution in [3.05, 3.63) is 11.8 Å². The van der Waals surface area contributed by atoms with Gasteiger partial charge in [0.1, 0.15) is 5.76 Å². The van der Waals surface area contributed by atoms with E-state index < -0.39 is 0 Å². The first-order valence-corrected chi connectivity index (χ1v) is 10.1. The first-order chi connectivity index (χ1) is 12.5. The molecule has 1 aliphatic heterocycles. The first-order valence-electron chi connectivity index (χ1n) is 8.90. The van der Waals surface area contributed by atoms with E-state index in [1.165, 1.54) is 11.8 Å². The fourth-order valence-electron chi connectivity index (χ4n) is 2.89. The molecule has 2 heterocycles. The maximum Gasteiger partial charge on any atom is 0.235 e. The molecule has 2 N–H and O–H groups in total. The van der Waals surface area contributed by atoms with Crippen LogP contribution in [0.2, 0.25) is 0 Å². The zero-order valence-corrected chi connectivity index (χ0v) is 15.6. The number of carbonyl (C=O) groups is 3. The highest BCUT2D eigenvalue weighted by Crippen LogP contribution is 2.22. The molecular formula is C17H24N4O4S. The molecular weight excluding hydrogens is 356 g/mol. The summed E-state index contributed by atoms with van der Waals surface area (Å²) in [5, 5.41) is 9.33. The Balaban J connectivity index is 1.37. The van der Waals surface area contributed by atoms with E-state index in [9.17, 15) is 14.4 Å². The number of nitrogens with zero attached hydrogens (tertiary/aromatic N) is 2. The van der Waals surface area contributed by atoms with Gasteiger partial charge in [-0.05, 0) is 32.6 Å². The van der Waals surface area contributed by atoms with Crippen LogP contribution in [0.15, 0.2) is 10.6 Å². The standard InChI is InChI=1S/C17H24N4O4S/c1-11-7-14(20-25-11)19-15(22)9-26-10-16(23)21-6-2-3-12(8-21)17(24)18-13-4-5-13/h7,12-13H,2-6,8-10H2,1H3,(H,18,24)(H,19,20,22). The minimum atomic E-state index is -0.226. The maximum atomic E-state index is 12.4. The molecule has 3 rings (SSSR count). The van der Waals surface area contributed by atoms with Crippen molar-refractivity contribution in [3.8, 4) is 0 Å². The molecule has 142 valence electrons. The van der Waals surface area contributed by atoms with Crippen LogP contribution in [0.5, 0.6) is 0 Å². The van der Waals surface area contributed by atoms with Gasteiger partial charge in [-0.15, -0.1) is 11.8 Å². The molecule has 0 radical (unpaired) electrons. The van der Waals surface area contributed by atoms with Gasteiger partial charge in [-0.2, -0.15) is 0 Å². The molecule has 1 unspecified atom stereocenters. The Kier molecular flexibility index (Phi) is 6.18. The van der Waals surface area contributed by atoms with E-state index in [1.54, 1.807) is 17.9 Å². The molecule has 1 atom stereocenters. The number of nitrogens with one attached hydrogen (secondary N) is 2. The zero-order chi connectivity index (χ0) is 18.5. The van der Waals surface area contributed by atoms with E-state index in [1.807, 2.05) is 0 Å². The number of anilines is 1. The topological polar surface area (TPSA) is 105 Å². The summed E-state index contributed by atoms with van der Waals surface area (Å²) in [6, 6.07) is 1.98. The number of aryl methyl sites for hydroxylation is 1. The lowest BCUT2D eigenvalue weighted by Gasteiger charge is -2.32. The third-order valence-electron chi connectivity index (χ3n) is 4.42. The lowest BCUT2D eigenvalue weighted by Crippen LogP contribution is -2.46. The number of piperidine rings is 1. The average Bonchev–Trinajstić information content (AvgIpc) is 3.35. The molecule has 3 amide bonds. The second-order valence-electron chi connectivity index (χ2n) is 6.83. The molecule has 0 bridgehead atoms. The van der Waals surface area contributed by atoms with Crippen molar-refractivity contribution in [2.45, 2.75) is 38.6 Å². The van der Waals surface area contributed by atoms with Crippen molar-refractivity contribution < 1.29 is 18.9 Å². The van der Waals surface area contributed by atoms with Crippen LogP contribution in [0.1, 0.15) is 31.4 Å². The molecule has 2 aliphatic rings. The van der Waals surface area contributed by atoms with Gasteiger partial charge in [-0.25, -0.2) is 0 Å². The van der Waals surface area contributed by atoms with Crippen LogP contribution in [-0.2, 0) is 14.4 Å². The summed E-state index contributed by atoms with van der Waals surface area (Å²) in [5.74, 6) is 1.09. The number of rotatable bonds is 7. The summed E-state index contributed by atoms with van der Waals surface area (Å²) in [6.07, 6.45) is 3.79. The van der Waals surface area contributed by atoms with Gasteiger partial charge >= 0.3 is 0 Å². The van der Waals surface area contributed by atoms with Crippen molar-refractivity contribution in [1.29, 1.82) is 0 Å².